The average Bonchev–Trinajstić information content (AvgIpc) is 2.71. The zero-order valence-corrected chi connectivity index (χ0v) is 10.6. The predicted octanol–water partition coefficient (Wildman–Crippen LogP) is 2.39. The molecule has 84 valence electrons. The number of benzene rings is 1. The molecule has 0 spiro atoms. The number of aryl methyl sites for hydroxylation is 1. The maximum absolute atomic E-state index is 9.36. The highest BCUT2D eigenvalue weighted by Crippen LogP contribution is 2.19. The van der Waals surface area contributed by atoms with Crippen LogP contribution in [0.25, 0.3) is 5.69 Å². The Hall–Kier alpha value is -1.20. The molecule has 16 heavy (non-hydrogen) atoms. The van der Waals surface area contributed by atoms with Crippen LogP contribution in [0.1, 0.15) is 24.3 Å². The lowest BCUT2D eigenvalue weighted by Crippen LogP contribution is -1.95. The number of nitrogens with zero attached hydrogens (tertiary/aromatic N) is 3. The molecular formula is C11H12BrN3O. The Morgan fingerprint density at radius 3 is 2.75 bits per heavy atom. The van der Waals surface area contributed by atoms with Crippen LogP contribution >= 0.6 is 15.9 Å². The van der Waals surface area contributed by atoms with Crippen molar-refractivity contribution in [1.82, 2.24) is 15.0 Å². The van der Waals surface area contributed by atoms with Crippen molar-refractivity contribution in [3.8, 4) is 5.69 Å². The number of aromatic nitrogens is 3. The average molecular weight is 282 g/mol. The smallest absolute Gasteiger partial charge is 0.111 e. The predicted molar refractivity (Wildman–Crippen MR) is 64.4 cm³/mol. The summed E-state index contributed by atoms with van der Waals surface area (Å²) in [5.41, 5.74) is 2.63. The van der Waals surface area contributed by atoms with Gasteiger partial charge in [-0.15, -0.1) is 5.10 Å². The normalized spacial score (nSPS) is 12.8. The van der Waals surface area contributed by atoms with E-state index in [1.54, 1.807) is 17.8 Å². The molecule has 1 aromatic heterocycles. The molecule has 0 saturated heterocycles. The van der Waals surface area contributed by atoms with E-state index < -0.39 is 6.10 Å². The summed E-state index contributed by atoms with van der Waals surface area (Å²) in [5.74, 6) is 0. The minimum atomic E-state index is -0.592. The van der Waals surface area contributed by atoms with Gasteiger partial charge in [-0.25, -0.2) is 4.68 Å². The molecule has 5 heteroatoms. The molecule has 2 rings (SSSR count). The zero-order chi connectivity index (χ0) is 11.7. The van der Waals surface area contributed by atoms with Crippen molar-refractivity contribution in [1.29, 1.82) is 0 Å². The Morgan fingerprint density at radius 2 is 2.19 bits per heavy atom. The fraction of sp³-hybridized carbons (Fsp3) is 0.273. The fourth-order valence-electron chi connectivity index (χ4n) is 1.37. The van der Waals surface area contributed by atoms with E-state index in [-0.39, 0.29) is 0 Å². The molecule has 0 amide bonds. The third-order valence-corrected chi connectivity index (χ3v) is 3.23. The number of aliphatic hydroxyl groups excluding tert-OH is 1. The number of aliphatic hydroxyl groups is 1. The molecule has 1 unspecified atom stereocenters. The van der Waals surface area contributed by atoms with Gasteiger partial charge in [0.1, 0.15) is 5.69 Å². The molecule has 0 fully saturated rings. The fourth-order valence-corrected chi connectivity index (χ4v) is 1.61. The highest BCUT2D eigenvalue weighted by molar-refractivity contribution is 9.10. The van der Waals surface area contributed by atoms with Crippen LogP contribution in [-0.2, 0) is 0 Å². The molecule has 2 aromatic rings. The van der Waals surface area contributed by atoms with Crippen molar-refractivity contribution in [3.63, 3.8) is 0 Å². The van der Waals surface area contributed by atoms with Gasteiger partial charge in [-0.05, 0) is 37.6 Å². The summed E-state index contributed by atoms with van der Waals surface area (Å²) < 4.78 is 2.72. The second-order valence-electron chi connectivity index (χ2n) is 3.70. The molecular weight excluding hydrogens is 270 g/mol. The third kappa shape index (κ3) is 2.15. The van der Waals surface area contributed by atoms with Crippen LogP contribution in [0.5, 0.6) is 0 Å². The number of rotatable bonds is 2. The molecule has 0 radical (unpaired) electrons. The monoisotopic (exact) mass is 281 g/mol. The van der Waals surface area contributed by atoms with Crippen molar-refractivity contribution in [2.75, 3.05) is 0 Å². The highest BCUT2D eigenvalue weighted by Gasteiger charge is 2.07. The van der Waals surface area contributed by atoms with Gasteiger partial charge in [0.25, 0.3) is 0 Å². The first-order valence-electron chi connectivity index (χ1n) is 4.95. The molecule has 4 nitrogen and oxygen atoms in total. The van der Waals surface area contributed by atoms with Crippen LogP contribution < -0.4 is 0 Å². The van der Waals surface area contributed by atoms with Gasteiger partial charge in [0.05, 0.1) is 18.0 Å². The Bertz CT molecular complexity index is 508. The van der Waals surface area contributed by atoms with Crippen molar-refractivity contribution < 1.29 is 5.11 Å². The standard InChI is InChI=1S/C11H12BrN3O/c1-7-5-9(3-4-10(7)12)15-6-11(8(2)16)13-14-15/h3-6,8,16H,1-2H3. The van der Waals surface area contributed by atoms with E-state index >= 15 is 0 Å². The van der Waals surface area contributed by atoms with Crippen molar-refractivity contribution in [3.05, 3.63) is 40.1 Å². The second-order valence-corrected chi connectivity index (χ2v) is 4.55. The quantitative estimate of drug-likeness (QED) is 0.920. The topological polar surface area (TPSA) is 50.9 Å². The first-order valence-corrected chi connectivity index (χ1v) is 5.74. The van der Waals surface area contributed by atoms with Gasteiger partial charge >= 0.3 is 0 Å². The SMILES string of the molecule is Cc1cc(-n2cc(C(C)O)nn2)ccc1Br. The first-order chi connectivity index (χ1) is 7.58. The first kappa shape index (κ1) is 11.3. The molecule has 0 aliphatic rings. The van der Waals surface area contributed by atoms with E-state index in [2.05, 4.69) is 26.2 Å². The summed E-state index contributed by atoms with van der Waals surface area (Å²) >= 11 is 3.45. The van der Waals surface area contributed by atoms with Crippen LogP contribution in [0, 0.1) is 6.92 Å². The van der Waals surface area contributed by atoms with Gasteiger partial charge in [-0.3, -0.25) is 0 Å². The van der Waals surface area contributed by atoms with Gasteiger partial charge in [-0.1, -0.05) is 21.1 Å². The molecule has 0 saturated carbocycles. The maximum atomic E-state index is 9.36. The number of hydrogen-bond acceptors (Lipinski definition) is 3. The minimum Gasteiger partial charge on any atom is -0.387 e. The van der Waals surface area contributed by atoms with Crippen LogP contribution in [0.15, 0.2) is 28.9 Å². The van der Waals surface area contributed by atoms with E-state index in [1.165, 1.54) is 0 Å². The van der Waals surface area contributed by atoms with E-state index in [4.69, 9.17) is 0 Å². The summed E-state index contributed by atoms with van der Waals surface area (Å²) in [6, 6.07) is 5.91. The van der Waals surface area contributed by atoms with Gasteiger partial charge in [-0.2, -0.15) is 0 Å². The van der Waals surface area contributed by atoms with Crippen LogP contribution in [0.3, 0.4) is 0 Å². The number of halogens is 1. The molecule has 0 aliphatic heterocycles. The van der Waals surface area contributed by atoms with Crippen LogP contribution in [-0.4, -0.2) is 20.1 Å². The van der Waals surface area contributed by atoms with Crippen LogP contribution in [0.2, 0.25) is 0 Å². The lowest BCUT2D eigenvalue weighted by Gasteiger charge is -2.03. The van der Waals surface area contributed by atoms with Gasteiger partial charge in [0.2, 0.25) is 0 Å². The lowest BCUT2D eigenvalue weighted by molar-refractivity contribution is 0.194. The summed E-state index contributed by atoms with van der Waals surface area (Å²) in [4.78, 5) is 0. The van der Waals surface area contributed by atoms with Gasteiger partial charge < -0.3 is 5.11 Å². The van der Waals surface area contributed by atoms with E-state index in [0.29, 0.717) is 5.69 Å². The zero-order valence-electron chi connectivity index (χ0n) is 9.05. The maximum Gasteiger partial charge on any atom is 0.111 e. The third-order valence-electron chi connectivity index (χ3n) is 2.35. The van der Waals surface area contributed by atoms with E-state index in [1.807, 2.05) is 25.1 Å². The second kappa shape index (κ2) is 4.35. The Labute approximate surface area is 102 Å². The molecule has 1 N–H and O–H groups in total. The molecule has 1 atom stereocenters. The number of hydrogen-bond donors (Lipinski definition) is 1. The highest BCUT2D eigenvalue weighted by atomic mass is 79.9. The molecule has 1 heterocycles. The van der Waals surface area contributed by atoms with Gasteiger partial charge in [0, 0.05) is 4.47 Å². The minimum absolute atomic E-state index is 0.570. The van der Waals surface area contributed by atoms with Crippen molar-refractivity contribution >= 4 is 15.9 Å². The Morgan fingerprint density at radius 1 is 1.44 bits per heavy atom. The molecule has 0 bridgehead atoms. The summed E-state index contributed by atoms with van der Waals surface area (Å²) in [6.07, 6.45) is 1.14. The largest absolute Gasteiger partial charge is 0.387 e. The summed E-state index contributed by atoms with van der Waals surface area (Å²) in [7, 11) is 0. The van der Waals surface area contributed by atoms with E-state index in [0.717, 1.165) is 15.7 Å². The Kier molecular flexibility index (Phi) is 3.07. The Balaban J connectivity index is 2.39. The molecule has 0 aliphatic carbocycles. The van der Waals surface area contributed by atoms with E-state index in [9.17, 15) is 5.11 Å². The summed E-state index contributed by atoms with van der Waals surface area (Å²) in [5, 5.41) is 17.2. The van der Waals surface area contributed by atoms with Gasteiger partial charge in [0.15, 0.2) is 0 Å². The van der Waals surface area contributed by atoms with Crippen LogP contribution in [0.4, 0.5) is 0 Å². The molecule has 1 aromatic carbocycles. The van der Waals surface area contributed by atoms with Crippen molar-refractivity contribution in [2.24, 2.45) is 0 Å². The summed E-state index contributed by atoms with van der Waals surface area (Å²) in [6.45, 7) is 3.68. The lowest BCUT2D eigenvalue weighted by atomic mass is 10.2. The van der Waals surface area contributed by atoms with Crippen molar-refractivity contribution in [2.45, 2.75) is 20.0 Å².